The highest BCUT2D eigenvalue weighted by Gasteiger charge is 2.43. The first-order chi connectivity index (χ1) is 7.95. The maximum absolute atomic E-state index is 12.2. The number of Topliss-reactive ketones (excluding diaryl/α,β-unsaturated/α-hetero) is 1. The number of aromatic hydroxyl groups is 1. The first-order valence-electron chi connectivity index (χ1n) is 5.06. The number of phenols is 1. The lowest BCUT2D eigenvalue weighted by molar-refractivity contribution is 0.0657. The quantitative estimate of drug-likeness (QED) is 0.773. The zero-order chi connectivity index (χ0) is 12.6. The Kier molecular flexibility index (Phi) is 2.76. The Hall–Kier alpha value is -1.67. The van der Waals surface area contributed by atoms with Crippen LogP contribution in [0.5, 0.6) is 11.5 Å². The fraction of sp³-hybridized carbons (Fsp3) is 0.333. The predicted molar refractivity (Wildman–Crippen MR) is 64.1 cm³/mol. The molecule has 1 aromatic rings. The monoisotopic (exact) mass is 249 g/mol. The highest BCUT2D eigenvalue weighted by molar-refractivity contribution is 8.05. The van der Waals surface area contributed by atoms with Gasteiger partial charge in [0.2, 0.25) is 0 Å². The predicted octanol–water partition coefficient (Wildman–Crippen LogP) is 2.33. The van der Waals surface area contributed by atoms with Crippen molar-refractivity contribution in [2.24, 2.45) is 0 Å². The third-order valence-electron chi connectivity index (χ3n) is 2.64. The van der Waals surface area contributed by atoms with Gasteiger partial charge in [-0.1, -0.05) is 0 Å². The normalized spacial score (nSPS) is 21.2. The third kappa shape index (κ3) is 1.96. The summed E-state index contributed by atoms with van der Waals surface area (Å²) in [7, 11) is 0. The van der Waals surface area contributed by atoms with Gasteiger partial charge in [-0.3, -0.25) is 4.79 Å². The van der Waals surface area contributed by atoms with Crippen molar-refractivity contribution in [3.05, 3.63) is 23.8 Å². The molecule has 4 nitrogen and oxygen atoms in total. The van der Waals surface area contributed by atoms with Crippen LogP contribution in [0.3, 0.4) is 0 Å². The molecule has 0 fully saturated rings. The summed E-state index contributed by atoms with van der Waals surface area (Å²) in [6.45, 7) is 3.51. The number of nitrogens with zero attached hydrogens (tertiary/aromatic N) is 1. The second kappa shape index (κ2) is 3.97. The number of hydrogen-bond acceptors (Lipinski definition) is 5. The summed E-state index contributed by atoms with van der Waals surface area (Å²) in [6, 6.07) is 4.38. The van der Waals surface area contributed by atoms with Crippen molar-refractivity contribution in [1.29, 1.82) is 5.26 Å². The van der Waals surface area contributed by atoms with Gasteiger partial charge in [0.1, 0.15) is 27.8 Å². The number of carbonyl (C=O) groups excluding carboxylic acids is 1. The van der Waals surface area contributed by atoms with Gasteiger partial charge in [-0.25, -0.2) is 0 Å². The van der Waals surface area contributed by atoms with E-state index in [4.69, 9.17) is 10.00 Å². The molecule has 1 aliphatic heterocycles. The zero-order valence-electron chi connectivity index (χ0n) is 9.43. The molecule has 0 aliphatic carbocycles. The molecule has 17 heavy (non-hydrogen) atoms. The number of rotatable bonds is 1. The number of benzene rings is 1. The second-order valence-electron chi connectivity index (χ2n) is 4.34. The van der Waals surface area contributed by atoms with E-state index in [0.717, 1.165) is 11.8 Å². The molecular formula is C12H11NO3S. The summed E-state index contributed by atoms with van der Waals surface area (Å²) in [4.78, 5) is 12.2. The molecule has 0 aromatic heterocycles. The van der Waals surface area contributed by atoms with Gasteiger partial charge in [0, 0.05) is 6.07 Å². The molecule has 88 valence electrons. The molecule has 0 bridgehead atoms. The second-order valence-corrected chi connectivity index (χ2v) is 5.23. The van der Waals surface area contributed by atoms with Crippen LogP contribution in [-0.2, 0) is 0 Å². The number of nitriles is 1. The summed E-state index contributed by atoms with van der Waals surface area (Å²) in [5.74, 6) is 0.288. The van der Waals surface area contributed by atoms with Crippen LogP contribution in [0.4, 0.5) is 0 Å². The van der Waals surface area contributed by atoms with Crippen molar-refractivity contribution in [2.45, 2.75) is 24.7 Å². The fourth-order valence-electron chi connectivity index (χ4n) is 1.84. The molecule has 1 atom stereocenters. The fourth-order valence-corrected chi connectivity index (χ4v) is 2.51. The molecule has 1 N–H and O–H groups in total. The van der Waals surface area contributed by atoms with E-state index < -0.39 is 10.9 Å². The molecule has 1 aromatic carbocycles. The Bertz CT molecular complexity index is 519. The Balaban J connectivity index is 2.50. The summed E-state index contributed by atoms with van der Waals surface area (Å²) >= 11 is 0.904. The Morgan fingerprint density at radius 2 is 2.24 bits per heavy atom. The molecule has 0 radical (unpaired) electrons. The minimum absolute atomic E-state index is 0.0544. The summed E-state index contributed by atoms with van der Waals surface area (Å²) in [6.07, 6.45) is 0. The lowest BCUT2D eigenvalue weighted by atomic mass is 9.92. The number of hydrogen-bond donors (Lipinski definition) is 1. The molecule has 0 saturated heterocycles. The average Bonchev–Trinajstić information content (AvgIpc) is 2.23. The summed E-state index contributed by atoms with van der Waals surface area (Å²) in [5.41, 5.74) is -0.354. The molecule has 5 heteroatoms. The van der Waals surface area contributed by atoms with Crippen LogP contribution in [0.1, 0.15) is 24.2 Å². The van der Waals surface area contributed by atoms with Crippen LogP contribution in [0.25, 0.3) is 0 Å². The number of ether oxygens (including phenoxy) is 1. The van der Waals surface area contributed by atoms with E-state index in [2.05, 4.69) is 0 Å². The average molecular weight is 249 g/mol. The molecule has 0 amide bonds. The number of thioether (sulfide) groups is 1. The van der Waals surface area contributed by atoms with Crippen LogP contribution >= 0.6 is 11.8 Å². The zero-order valence-corrected chi connectivity index (χ0v) is 10.2. The largest absolute Gasteiger partial charge is 0.508 e. The van der Waals surface area contributed by atoms with Crippen LogP contribution in [0.15, 0.2) is 18.2 Å². The topological polar surface area (TPSA) is 70.3 Å². The van der Waals surface area contributed by atoms with Gasteiger partial charge in [0.15, 0.2) is 5.78 Å². The number of thiocyanates is 1. The van der Waals surface area contributed by atoms with E-state index in [9.17, 15) is 9.90 Å². The number of phenolic OH excluding ortho intramolecular Hbond substituents is 1. The van der Waals surface area contributed by atoms with E-state index in [1.165, 1.54) is 18.2 Å². The maximum Gasteiger partial charge on any atom is 0.184 e. The smallest absolute Gasteiger partial charge is 0.184 e. The summed E-state index contributed by atoms with van der Waals surface area (Å²) < 4.78 is 5.68. The SMILES string of the molecule is CC1(C)Oc2cc(O)ccc2C(=O)C1SC#N. The van der Waals surface area contributed by atoms with E-state index in [-0.39, 0.29) is 11.5 Å². The minimum atomic E-state index is -0.766. The van der Waals surface area contributed by atoms with Crippen molar-refractivity contribution in [2.75, 3.05) is 0 Å². The van der Waals surface area contributed by atoms with Crippen LogP contribution < -0.4 is 4.74 Å². The minimum Gasteiger partial charge on any atom is -0.508 e. The first kappa shape index (κ1) is 11.8. The standard InChI is InChI=1S/C12H11NO3S/c1-12(2)11(17-6-13)10(15)8-4-3-7(14)5-9(8)16-12/h3-5,11,14H,1-2H3. The van der Waals surface area contributed by atoms with Crippen molar-refractivity contribution in [3.8, 4) is 16.9 Å². The molecule has 2 rings (SSSR count). The van der Waals surface area contributed by atoms with Crippen molar-refractivity contribution < 1.29 is 14.6 Å². The van der Waals surface area contributed by atoms with Gasteiger partial charge in [0.05, 0.1) is 5.56 Å². The van der Waals surface area contributed by atoms with Gasteiger partial charge in [-0.15, -0.1) is 0 Å². The highest BCUT2D eigenvalue weighted by atomic mass is 32.2. The van der Waals surface area contributed by atoms with Crippen LogP contribution in [0.2, 0.25) is 0 Å². The molecular weight excluding hydrogens is 238 g/mol. The highest BCUT2D eigenvalue weighted by Crippen LogP contribution is 2.39. The lowest BCUT2D eigenvalue weighted by Gasteiger charge is -2.37. The maximum atomic E-state index is 12.2. The van der Waals surface area contributed by atoms with Crippen LogP contribution in [-0.4, -0.2) is 21.7 Å². The van der Waals surface area contributed by atoms with Crippen molar-refractivity contribution in [3.63, 3.8) is 0 Å². The summed E-state index contributed by atoms with van der Waals surface area (Å²) in [5, 5.41) is 19.5. The van der Waals surface area contributed by atoms with E-state index in [1.807, 2.05) is 5.40 Å². The number of ketones is 1. The molecule has 1 aliphatic rings. The third-order valence-corrected chi connectivity index (χ3v) is 3.77. The van der Waals surface area contributed by atoms with Crippen LogP contribution in [0, 0.1) is 10.7 Å². The van der Waals surface area contributed by atoms with Gasteiger partial charge < -0.3 is 9.84 Å². The molecule has 0 spiro atoms. The Morgan fingerprint density at radius 3 is 2.88 bits per heavy atom. The number of fused-ring (bicyclic) bond motifs is 1. The van der Waals surface area contributed by atoms with E-state index in [0.29, 0.717) is 11.3 Å². The van der Waals surface area contributed by atoms with E-state index >= 15 is 0 Å². The molecule has 0 saturated carbocycles. The Morgan fingerprint density at radius 1 is 1.53 bits per heavy atom. The van der Waals surface area contributed by atoms with Gasteiger partial charge in [-0.05, 0) is 37.7 Å². The van der Waals surface area contributed by atoms with Crippen molar-refractivity contribution in [1.82, 2.24) is 0 Å². The molecule has 1 unspecified atom stereocenters. The lowest BCUT2D eigenvalue weighted by Crippen LogP contribution is -2.48. The Labute approximate surface area is 103 Å². The first-order valence-corrected chi connectivity index (χ1v) is 5.94. The van der Waals surface area contributed by atoms with Crippen molar-refractivity contribution >= 4 is 17.5 Å². The van der Waals surface area contributed by atoms with E-state index in [1.54, 1.807) is 13.8 Å². The van der Waals surface area contributed by atoms with Gasteiger partial charge >= 0.3 is 0 Å². The number of carbonyl (C=O) groups is 1. The molecule has 1 heterocycles. The van der Waals surface area contributed by atoms with Gasteiger partial charge in [0.25, 0.3) is 0 Å². The van der Waals surface area contributed by atoms with Gasteiger partial charge in [-0.2, -0.15) is 5.26 Å².